The number of hydrogen-bond acceptors (Lipinski definition) is 1. The monoisotopic (exact) mass is 258 g/mol. The summed E-state index contributed by atoms with van der Waals surface area (Å²) in [6.07, 6.45) is 4.41. The van der Waals surface area contributed by atoms with Gasteiger partial charge in [-0.15, -0.1) is 0 Å². The van der Waals surface area contributed by atoms with E-state index in [1.54, 1.807) is 0 Å². The number of aromatic nitrogens is 2. The third kappa shape index (κ3) is 2.99. The van der Waals surface area contributed by atoms with Crippen LogP contribution in [0, 0.1) is 10.8 Å². The Balaban J connectivity index is 2.00. The molecule has 0 aliphatic rings. The van der Waals surface area contributed by atoms with E-state index in [0.717, 1.165) is 12.1 Å². The molecule has 0 amide bonds. The van der Waals surface area contributed by atoms with Crippen molar-refractivity contribution in [1.82, 2.24) is 9.55 Å². The van der Waals surface area contributed by atoms with Crippen LogP contribution in [-0.4, -0.2) is 9.55 Å². The van der Waals surface area contributed by atoms with Crippen molar-refractivity contribution in [3.63, 3.8) is 0 Å². The summed E-state index contributed by atoms with van der Waals surface area (Å²) in [5.74, 6) is 0. The van der Waals surface area contributed by atoms with Crippen LogP contribution in [0.25, 0.3) is 11.0 Å². The molecule has 0 spiro atoms. The third-order valence-electron chi connectivity index (χ3n) is 4.76. The zero-order chi connectivity index (χ0) is 14.1. The molecular formula is C17H26N2. The lowest BCUT2D eigenvalue weighted by Gasteiger charge is -2.39. The van der Waals surface area contributed by atoms with Crippen LogP contribution in [0.1, 0.15) is 47.5 Å². The number of rotatable bonds is 4. The zero-order valence-electron chi connectivity index (χ0n) is 12.9. The Morgan fingerprint density at radius 2 is 1.74 bits per heavy atom. The summed E-state index contributed by atoms with van der Waals surface area (Å²) in [6.45, 7) is 12.8. The molecule has 0 saturated heterocycles. The summed E-state index contributed by atoms with van der Waals surface area (Å²) in [5, 5.41) is 0. The van der Waals surface area contributed by atoms with Gasteiger partial charge in [0.25, 0.3) is 0 Å². The molecule has 0 saturated carbocycles. The molecule has 1 aromatic heterocycles. The maximum atomic E-state index is 4.45. The normalized spacial score (nSPS) is 13.1. The zero-order valence-corrected chi connectivity index (χ0v) is 12.9. The third-order valence-corrected chi connectivity index (χ3v) is 4.76. The SMILES string of the molecule is CC(C)(C)C(C)(C)CCCn1cnc2ccccc21. The molecule has 1 heterocycles. The van der Waals surface area contributed by atoms with Gasteiger partial charge in [-0.2, -0.15) is 0 Å². The number of nitrogens with zero attached hydrogens (tertiary/aromatic N) is 2. The fourth-order valence-electron chi connectivity index (χ4n) is 2.25. The second-order valence-corrected chi connectivity index (χ2v) is 7.16. The fraction of sp³-hybridized carbons (Fsp3) is 0.588. The maximum absolute atomic E-state index is 4.45. The van der Waals surface area contributed by atoms with Crippen molar-refractivity contribution in [2.75, 3.05) is 0 Å². The molecule has 104 valence electrons. The minimum atomic E-state index is 0.351. The molecule has 2 rings (SSSR count). The van der Waals surface area contributed by atoms with E-state index in [2.05, 4.69) is 62.4 Å². The Morgan fingerprint density at radius 3 is 2.42 bits per heavy atom. The number of para-hydroxylation sites is 2. The Labute approximate surface area is 116 Å². The summed E-state index contributed by atoms with van der Waals surface area (Å²) in [7, 11) is 0. The second-order valence-electron chi connectivity index (χ2n) is 7.16. The standard InChI is InChI=1S/C17H26N2/c1-16(2,3)17(4,5)11-8-12-19-13-18-14-9-6-7-10-15(14)19/h6-7,9-10,13H,8,11-12H2,1-5H3. The molecule has 0 atom stereocenters. The van der Waals surface area contributed by atoms with Crippen LogP contribution in [0.2, 0.25) is 0 Å². The number of hydrogen-bond donors (Lipinski definition) is 0. The highest BCUT2D eigenvalue weighted by molar-refractivity contribution is 5.74. The summed E-state index contributed by atoms with van der Waals surface area (Å²) in [6, 6.07) is 8.35. The molecule has 2 aromatic rings. The first-order valence-electron chi connectivity index (χ1n) is 7.21. The molecular weight excluding hydrogens is 232 g/mol. The van der Waals surface area contributed by atoms with Crippen LogP contribution >= 0.6 is 0 Å². The molecule has 2 nitrogen and oxygen atoms in total. The first kappa shape index (κ1) is 14.1. The molecule has 0 radical (unpaired) electrons. The van der Waals surface area contributed by atoms with Crippen LogP contribution in [0.3, 0.4) is 0 Å². The molecule has 2 heteroatoms. The predicted octanol–water partition coefficient (Wildman–Crippen LogP) is 4.89. The first-order chi connectivity index (χ1) is 8.81. The van der Waals surface area contributed by atoms with Crippen LogP contribution in [0.5, 0.6) is 0 Å². The van der Waals surface area contributed by atoms with Crippen LogP contribution < -0.4 is 0 Å². The Morgan fingerprint density at radius 1 is 1.05 bits per heavy atom. The van der Waals surface area contributed by atoms with Gasteiger partial charge in [0.2, 0.25) is 0 Å². The minimum Gasteiger partial charge on any atom is -0.331 e. The van der Waals surface area contributed by atoms with Gasteiger partial charge in [-0.05, 0) is 35.8 Å². The van der Waals surface area contributed by atoms with Gasteiger partial charge in [-0.1, -0.05) is 46.8 Å². The van der Waals surface area contributed by atoms with Crippen LogP contribution in [-0.2, 0) is 6.54 Å². The van der Waals surface area contributed by atoms with E-state index in [9.17, 15) is 0 Å². The summed E-state index contributed by atoms with van der Waals surface area (Å²) < 4.78 is 2.27. The highest BCUT2D eigenvalue weighted by atomic mass is 15.0. The summed E-state index contributed by atoms with van der Waals surface area (Å²) in [5.41, 5.74) is 3.06. The molecule has 0 bridgehead atoms. The van der Waals surface area contributed by atoms with E-state index >= 15 is 0 Å². The smallest absolute Gasteiger partial charge is 0.0958 e. The van der Waals surface area contributed by atoms with E-state index in [1.807, 2.05) is 12.4 Å². The Bertz CT molecular complexity index is 544. The molecule has 1 aromatic carbocycles. The Kier molecular flexibility index (Phi) is 3.71. The lowest BCUT2D eigenvalue weighted by atomic mass is 9.67. The number of imidazole rings is 1. The van der Waals surface area contributed by atoms with Gasteiger partial charge in [-0.25, -0.2) is 4.98 Å². The van der Waals surface area contributed by atoms with Gasteiger partial charge >= 0.3 is 0 Å². The van der Waals surface area contributed by atoms with E-state index in [-0.39, 0.29) is 0 Å². The van der Waals surface area contributed by atoms with Crippen molar-refractivity contribution in [1.29, 1.82) is 0 Å². The molecule has 0 unspecified atom stereocenters. The number of fused-ring (bicyclic) bond motifs is 1. The molecule has 0 aliphatic heterocycles. The van der Waals surface area contributed by atoms with Crippen molar-refractivity contribution in [3.05, 3.63) is 30.6 Å². The lowest BCUT2D eigenvalue weighted by Crippen LogP contribution is -2.29. The van der Waals surface area contributed by atoms with E-state index < -0.39 is 0 Å². The minimum absolute atomic E-state index is 0.351. The quantitative estimate of drug-likeness (QED) is 0.763. The topological polar surface area (TPSA) is 17.8 Å². The number of benzene rings is 1. The van der Waals surface area contributed by atoms with Gasteiger partial charge in [-0.3, -0.25) is 0 Å². The van der Waals surface area contributed by atoms with Gasteiger partial charge in [0.15, 0.2) is 0 Å². The average Bonchev–Trinajstić information content (AvgIpc) is 2.71. The number of aryl methyl sites for hydroxylation is 1. The average molecular weight is 258 g/mol. The highest BCUT2D eigenvalue weighted by Crippen LogP contribution is 2.41. The largest absolute Gasteiger partial charge is 0.331 e. The second kappa shape index (κ2) is 4.99. The van der Waals surface area contributed by atoms with Crippen LogP contribution in [0.15, 0.2) is 30.6 Å². The highest BCUT2D eigenvalue weighted by Gasteiger charge is 2.31. The van der Waals surface area contributed by atoms with Crippen LogP contribution in [0.4, 0.5) is 0 Å². The van der Waals surface area contributed by atoms with Crippen molar-refractivity contribution in [3.8, 4) is 0 Å². The van der Waals surface area contributed by atoms with Crippen molar-refractivity contribution in [2.45, 2.75) is 54.0 Å². The predicted molar refractivity (Wildman–Crippen MR) is 82.2 cm³/mol. The fourth-order valence-corrected chi connectivity index (χ4v) is 2.25. The molecule has 0 N–H and O–H groups in total. The van der Waals surface area contributed by atoms with Gasteiger partial charge in [0.1, 0.15) is 0 Å². The molecule has 19 heavy (non-hydrogen) atoms. The lowest BCUT2D eigenvalue weighted by molar-refractivity contribution is 0.115. The van der Waals surface area contributed by atoms with E-state index in [0.29, 0.717) is 10.8 Å². The molecule has 0 aliphatic carbocycles. The van der Waals surface area contributed by atoms with Crippen molar-refractivity contribution >= 4 is 11.0 Å². The van der Waals surface area contributed by atoms with Crippen molar-refractivity contribution < 1.29 is 0 Å². The maximum Gasteiger partial charge on any atom is 0.0958 e. The van der Waals surface area contributed by atoms with E-state index in [4.69, 9.17) is 0 Å². The molecule has 0 fully saturated rings. The summed E-state index contributed by atoms with van der Waals surface area (Å²) >= 11 is 0. The first-order valence-corrected chi connectivity index (χ1v) is 7.21. The summed E-state index contributed by atoms with van der Waals surface area (Å²) in [4.78, 5) is 4.45. The van der Waals surface area contributed by atoms with Gasteiger partial charge in [0.05, 0.1) is 17.4 Å². The Hall–Kier alpha value is -1.31. The van der Waals surface area contributed by atoms with Gasteiger partial charge in [0, 0.05) is 6.54 Å². The van der Waals surface area contributed by atoms with E-state index in [1.165, 1.54) is 18.4 Å². The van der Waals surface area contributed by atoms with Gasteiger partial charge < -0.3 is 4.57 Å². The van der Waals surface area contributed by atoms with Crippen molar-refractivity contribution in [2.24, 2.45) is 10.8 Å².